The summed E-state index contributed by atoms with van der Waals surface area (Å²) in [6.45, 7) is 6.51. The topological polar surface area (TPSA) is 52.0 Å². The van der Waals surface area contributed by atoms with Crippen LogP contribution in [-0.4, -0.2) is 34.8 Å². The standard InChI is InChI=1S/C13H20N4OS/c1-10-7-17(8-12-11(2)15-9-19-12)13(16-10)14-5-4-6-18-3/h7,9H,4-6,8H2,1-3H3,(H,14,16). The van der Waals surface area contributed by atoms with Gasteiger partial charge in [-0.3, -0.25) is 0 Å². The van der Waals surface area contributed by atoms with Crippen LogP contribution in [0.15, 0.2) is 11.7 Å². The van der Waals surface area contributed by atoms with Crippen molar-refractivity contribution < 1.29 is 4.74 Å². The zero-order chi connectivity index (χ0) is 13.7. The monoisotopic (exact) mass is 280 g/mol. The maximum Gasteiger partial charge on any atom is 0.203 e. The predicted molar refractivity (Wildman–Crippen MR) is 77.9 cm³/mol. The van der Waals surface area contributed by atoms with Gasteiger partial charge in [0, 0.05) is 31.3 Å². The minimum atomic E-state index is 0.765. The highest BCUT2D eigenvalue weighted by molar-refractivity contribution is 7.09. The molecule has 2 rings (SSSR count). The van der Waals surface area contributed by atoms with Crippen molar-refractivity contribution in [1.29, 1.82) is 0 Å². The molecule has 19 heavy (non-hydrogen) atoms. The molecule has 2 heterocycles. The molecule has 0 saturated heterocycles. The quantitative estimate of drug-likeness (QED) is 0.792. The Morgan fingerprint density at radius 3 is 2.95 bits per heavy atom. The number of nitrogens with one attached hydrogen (secondary N) is 1. The van der Waals surface area contributed by atoms with E-state index in [0.29, 0.717) is 0 Å². The number of hydrogen-bond acceptors (Lipinski definition) is 5. The summed E-state index contributed by atoms with van der Waals surface area (Å²) in [5, 5.41) is 3.36. The lowest BCUT2D eigenvalue weighted by atomic mass is 10.4. The average molecular weight is 280 g/mol. The number of ether oxygens (including phenoxy) is 1. The van der Waals surface area contributed by atoms with E-state index >= 15 is 0 Å². The number of thiazole rings is 1. The summed E-state index contributed by atoms with van der Waals surface area (Å²) in [5.41, 5.74) is 4.01. The summed E-state index contributed by atoms with van der Waals surface area (Å²) in [6.07, 6.45) is 3.04. The molecule has 0 aliphatic rings. The lowest BCUT2D eigenvalue weighted by Crippen LogP contribution is -2.10. The van der Waals surface area contributed by atoms with E-state index in [1.54, 1.807) is 18.4 Å². The molecular weight excluding hydrogens is 260 g/mol. The van der Waals surface area contributed by atoms with Gasteiger partial charge in [0.1, 0.15) is 0 Å². The molecule has 0 aliphatic carbocycles. The first kappa shape index (κ1) is 14.0. The van der Waals surface area contributed by atoms with Gasteiger partial charge in [-0.15, -0.1) is 11.3 Å². The number of hydrogen-bond donors (Lipinski definition) is 1. The number of aryl methyl sites for hydroxylation is 2. The van der Waals surface area contributed by atoms with Gasteiger partial charge >= 0.3 is 0 Å². The molecule has 0 aromatic carbocycles. The number of aromatic nitrogens is 3. The first-order valence-corrected chi connectivity index (χ1v) is 7.24. The fraction of sp³-hybridized carbons (Fsp3) is 0.538. The van der Waals surface area contributed by atoms with Crippen LogP contribution in [0.2, 0.25) is 0 Å². The van der Waals surface area contributed by atoms with Gasteiger partial charge in [0.05, 0.1) is 23.4 Å². The minimum absolute atomic E-state index is 0.765. The molecule has 0 unspecified atom stereocenters. The molecule has 5 nitrogen and oxygen atoms in total. The Morgan fingerprint density at radius 1 is 1.42 bits per heavy atom. The van der Waals surface area contributed by atoms with Crippen molar-refractivity contribution in [3.8, 4) is 0 Å². The van der Waals surface area contributed by atoms with Gasteiger partial charge in [-0.05, 0) is 20.3 Å². The summed E-state index contributed by atoms with van der Waals surface area (Å²) < 4.78 is 7.18. The van der Waals surface area contributed by atoms with E-state index in [1.165, 1.54) is 4.88 Å². The zero-order valence-electron chi connectivity index (χ0n) is 11.6. The Kier molecular flexibility index (Phi) is 4.93. The average Bonchev–Trinajstić information content (AvgIpc) is 2.93. The number of methoxy groups -OCH3 is 1. The van der Waals surface area contributed by atoms with Crippen molar-refractivity contribution in [1.82, 2.24) is 14.5 Å². The van der Waals surface area contributed by atoms with Gasteiger partial charge < -0.3 is 14.6 Å². The molecule has 0 aliphatic heterocycles. The Hall–Kier alpha value is -1.40. The molecule has 0 saturated carbocycles. The summed E-state index contributed by atoms with van der Waals surface area (Å²) in [7, 11) is 1.72. The molecule has 1 N–H and O–H groups in total. The van der Waals surface area contributed by atoms with Gasteiger partial charge in [0.2, 0.25) is 5.95 Å². The molecule has 2 aromatic heterocycles. The van der Waals surface area contributed by atoms with E-state index < -0.39 is 0 Å². The lowest BCUT2D eigenvalue weighted by Gasteiger charge is -2.09. The van der Waals surface area contributed by atoms with Crippen LogP contribution in [0.1, 0.15) is 22.7 Å². The third kappa shape index (κ3) is 3.78. The van der Waals surface area contributed by atoms with Gasteiger partial charge in [-0.1, -0.05) is 0 Å². The number of anilines is 1. The molecule has 0 radical (unpaired) electrons. The van der Waals surface area contributed by atoms with Crippen LogP contribution in [0.5, 0.6) is 0 Å². The second-order valence-electron chi connectivity index (χ2n) is 4.47. The van der Waals surface area contributed by atoms with Crippen LogP contribution < -0.4 is 5.32 Å². The van der Waals surface area contributed by atoms with E-state index in [-0.39, 0.29) is 0 Å². The molecule has 0 spiro atoms. The zero-order valence-corrected chi connectivity index (χ0v) is 12.5. The fourth-order valence-electron chi connectivity index (χ4n) is 1.86. The van der Waals surface area contributed by atoms with Crippen molar-refractivity contribution in [3.05, 3.63) is 28.0 Å². The summed E-state index contributed by atoms with van der Waals surface area (Å²) >= 11 is 1.69. The third-order valence-corrected chi connectivity index (χ3v) is 3.78. The molecule has 0 fully saturated rings. The summed E-state index contributed by atoms with van der Waals surface area (Å²) in [4.78, 5) is 10.1. The molecule has 0 bridgehead atoms. The van der Waals surface area contributed by atoms with Gasteiger partial charge in [-0.25, -0.2) is 9.97 Å². The summed E-state index contributed by atoms with van der Waals surface area (Å²) in [6, 6.07) is 0. The van der Waals surface area contributed by atoms with Gasteiger partial charge in [0.15, 0.2) is 0 Å². The van der Waals surface area contributed by atoms with Crippen LogP contribution in [-0.2, 0) is 11.3 Å². The first-order chi connectivity index (χ1) is 9.20. The Bertz CT molecular complexity index is 520. The van der Waals surface area contributed by atoms with Crippen LogP contribution in [0.4, 0.5) is 5.95 Å². The minimum Gasteiger partial charge on any atom is -0.385 e. The van der Waals surface area contributed by atoms with Gasteiger partial charge in [0.25, 0.3) is 0 Å². The van der Waals surface area contributed by atoms with Crippen molar-refractivity contribution in [2.45, 2.75) is 26.8 Å². The molecule has 0 amide bonds. The van der Waals surface area contributed by atoms with E-state index in [4.69, 9.17) is 4.74 Å². The molecule has 6 heteroatoms. The third-order valence-electron chi connectivity index (χ3n) is 2.86. The SMILES string of the molecule is COCCCNc1nc(C)cn1Cc1scnc1C. The van der Waals surface area contributed by atoms with Crippen molar-refractivity contribution >= 4 is 17.3 Å². The van der Waals surface area contributed by atoms with Crippen molar-refractivity contribution in [2.75, 3.05) is 25.6 Å². The van der Waals surface area contributed by atoms with Crippen LogP contribution >= 0.6 is 11.3 Å². The lowest BCUT2D eigenvalue weighted by molar-refractivity contribution is 0.197. The molecular formula is C13H20N4OS. The molecule has 2 aromatic rings. The number of rotatable bonds is 7. The second kappa shape index (κ2) is 6.68. The number of nitrogens with zero attached hydrogens (tertiary/aromatic N) is 3. The molecule has 0 atom stereocenters. The van der Waals surface area contributed by atoms with Crippen LogP contribution in [0.3, 0.4) is 0 Å². The maximum absolute atomic E-state index is 5.04. The maximum atomic E-state index is 5.04. The Labute approximate surface area is 117 Å². The first-order valence-electron chi connectivity index (χ1n) is 6.36. The van der Waals surface area contributed by atoms with E-state index in [9.17, 15) is 0 Å². The Morgan fingerprint density at radius 2 is 2.26 bits per heavy atom. The number of imidazole rings is 1. The van der Waals surface area contributed by atoms with Gasteiger partial charge in [-0.2, -0.15) is 0 Å². The highest BCUT2D eigenvalue weighted by atomic mass is 32.1. The van der Waals surface area contributed by atoms with Crippen molar-refractivity contribution in [3.63, 3.8) is 0 Å². The predicted octanol–water partition coefficient (Wildman–Crippen LogP) is 2.45. The summed E-state index contributed by atoms with van der Waals surface area (Å²) in [5.74, 6) is 0.918. The molecule has 104 valence electrons. The van der Waals surface area contributed by atoms with Crippen molar-refractivity contribution in [2.24, 2.45) is 0 Å². The Balaban J connectivity index is 2.01. The highest BCUT2D eigenvalue weighted by Crippen LogP contribution is 2.17. The smallest absolute Gasteiger partial charge is 0.203 e. The van der Waals surface area contributed by atoms with E-state index in [1.807, 2.05) is 19.4 Å². The van der Waals surface area contributed by atoms with Crippen LogP contribution in [0, 0.1) is 13.8 Å². The van der Waals surface area contributed by atoms with Crippen LogP contribution in [0.25, 0.3) is 0 Å². The second-order valence-corrected chi connectivity index (χ2v) is 5.41. The fourth-order valence-corrected chi connectivity index (χ4v) is 2.63. The highest BCUT2D eigenvalue weighted by Gasteiger charge is 2.08. The van der Waals surface area contributed by atoms with E-state index in [0.717, 1.165) is 43.5 Å². The largest absolute Gasteiger partial charge is 0.385 e. The normalized spacial score (nSPS) is 10.9. The van der Waals surface area contributed by atoms with E-state index in [2.05, 4.69) is 26.0 Å².